The molecule has 3 rings (SSSR count). The van der Waals surface area contributed by atoms with Gasteiger partial charge in [-0.2, -0.15) is 0 Å². The van der Waals surface area contributed by atoms with Crippen molar-refractivity contribution < 1.29 is 9.59 Å². The number of nitrogens with one attached hydrogen (secondary N) is 1. The second-order valence-corrected chi connectivity index (χ2v) is 6.82. The number of hydrogen-bond acceptors (Lipinski definition) is 4. The quantitative estimate of drug-likeness (QED) is 0.907. The van der Waals surface area contributed by atoms with Crippen LogP contribution in [0.4, 0.5) is 9.93 Å². The molecule has 1 aliphatic heterocycles. The van der Waals surface area contributed by atoms with Crippen LogP contribution in [0.15, 0.2) is 35.7 Å². The van der Waals surface area contributed by atoms with Gasteiger partial charge in [-0.1, -0.05) is 30.3 Å². The van der Waals surface area contributed by atoms with Crippen molar-refractivity contribution in [3.63, 3.8) is 0 Å². The number of amides is 3. The molecule has 0 aliphatic carbocycles. The number of benzene rings is 1. The Morgan fingerprint density at radius 3 is 2.75 bits per heavy atom. The van der Waals surface area contributed by atoms with E-state index in [2.05, 4.69) is 10.3 Å². The van der Waals surface area contributed by atoms with Gasteiger partial charge in [0, 0.05) is 31.1 Å². The molecule has 7 heteroatoms. The summed E-state index contributed by atoms with van der Waals surface area (Å²) in [6, 6.07) is 9.89. The standard InChI is InChI=1S/C17H20N4O2S/c1-12(2)18-15(22)14-11-24-16(19-14)21-9-8-20(17(21)23)10-13-6-4-3-5-7-13/h3-7,11-12H,8-10H2,1-2H3,(H,18,22). The van der Waals surface area contributed by atoms with E-state index < -0.39 is 0 Å². The van der Waals surface area contributed by atoms with Crippen LogP contribution < -0.4 is 10.2 Å². The summed E-state index contributed by atoms with van der Waals surface area (Å²) in [5.41, 5.74) is 1.46. The first-order chi connectivity index (χ1) is 11.5. The third-order valence-corrected chi connectivity index (χ3v) is 4.55. The van der Waals surface area contributed by atoms with Crippen LogP contribution in [-0.2, 0) is 6.54 Å². The number of rotatable bonds is 5. The minimum absolute atomic E-state index is 0.0532. The molecule has 6 nitrogen and oxygen atoms in total. The Labute approximate surface area is 145 Å². The molecule has 1 N–H and O–H groups in total. The Morgan fingerprint density at radius 2 is 2.04 bits per heavy atom. The lowest BCUT2D eigenvalue weighted by Crippen LogP contribution is -2.32. The molecule has 1 aliphatic rings. The van der Waals surface area contributed by atoms with E-state index in [1.54, 1.807) is 15.2 Å². The van der Waals surface area contributed by atoms with Crippen LogP contribution in [0.1, 0.15) is 29.9 Å². The smallest absolute Gasteiger partial charge is 0.326 e. The summed E-state index contributed by atoms with van der Waals surface area (Å²) >= 11 is 1.32. The third-order valence-electron chi connectivity index (χ3n) is 3.69. The second kappa shape index (κ2) is 7.00. The maximum atomic E-state index is 12.6. The Morgan fingerprint density at radius 1 is 1.29 bits per heavy atom. The van der Waals surface area contributed by atoms with E-state index in [0.717, 1.165) is 5.56 Å². The van der Waals surface area contributed by atoms with Crippen molar-refractivity contribution in [2.24, 2.45) is 0 Å². The maximum Gasteiger partial charge on any atom is 0.326 e. The van der Waals surface area contributed by atoms with Gasteiger partial charge in [0.15, 0.2) is 5.13 Å². The zero-order valence-corrected chi connectivity index (χ0v) is 14.5. The number of aromatic nitrogens is 1. The number of urea groups is 1. The van der Waals surface area contributed by atoms with Gasteiger partial charge < -0.3 is 10.2 Å². The third kappa shape index (κ3) is 3.56. The average molecular weight is 344 g/mol. The highest BCUT2D eigenvalue weighted by Crippen LogP contribution is 2.25. The molecule has 3 amide bonds. The normalized spacial score (nSPS) is 14.5. The van der Waals surface area contributed by atoms with Crippen molar-refractivity contribution >= 4 is 28.4 Å². The number of anilines is 1. The Kier molecular flexibility index (Phi) is 4.80. The van der Waals surface area contributed by atoms with Gasteiger partial charge in [-0.05, 0) is 19.4 Å². The average Bonchev–Trinajstić information content (AvgIpc) is 3.16. The summed E-state index contributed by atoms with van der Waals surface area (Å²) in [4.78, 5) is 32.3. The van der Waals surface area contributed by atoms with Crippen LogP contribution in [-0.4, -0.2) is 41.0 Å². The van der Waals surface area contributed by atoms with E-state index in [4.69, 9.17) is 0 Å². The highest BCUT2D eigenvalue weighted by atomic mass is 32.1. The second-order valence-electron chi connectivity index (χ2n) is 5.98. The van der Waals surface area contributed by atoms with E-state index in [1.807, 2.05) is 44.2 Å². The van der Waals surface area contributed by atoms with Crippen LogP contribution in [0.5, 0.6) is 0 Å². The number of carbonyl (C=O) groups is 2. The minimum atomic E-state index is -0.208. The summed E-state index contributed by atoms with van der Waals surface area (Å²) in [5, 5.41) is 5.08. The van der Waals surface area contributed by atoms with Gasteiger partial charge in [0.25, 0.3) is 5.91 Å². The molecule has 1 saturated heterocycles. The molecule has 126 valence electrons. The van der Waals surface area contributed by atoms with E-state index in [-0.39, 0.29) is 18.0 Å². The van der Waals surface area contributed by atoms with Crippen molar-refractivity contribution in [3.8, 4) is 0 Å². The van der Waals surface area contributed by atoms with Crippen molar-refractivity contribution in [2.45, 2.75) is 26.4 Å². The molecule has 2 aromatic rings. The van der Waals surface area contributed by atoms with Crippen LogP contribution >= 0.6 is 11.3 Å². The van der Waals surface area contributed by atoms with E-state index in [1.165, 1.54) is 11.3 Å². The summed E-state index contributed by atoms with van der Waals surface area (Å²) in [6.45, 7) is 5.63. The SMILES string of the molecule is CC(C)NC(=O)c1csc(N2CCN(Cc3ccccc3)C2=O)n1. The zero-order valence-electron chi connectivity index (χ0n) is 13.7. The van der Waals surface area contributed by atoms with E-state index >= 15 is 0 Å². The highest BCUT2D eigenvalue weighted by Gasteiger charge is 2.31. The first kappa shape index (κ1) is 16.4. The van der Waals surface area contributed by atoms with Gasteiger partial charge in [-0.25, -0.2) is 9.78 Å². The fourth-order valence-corrected chi connectivity index (χ4v) is 3.36. The van der Waals surface area contributed by atoms with Crippen LogP contribution in [0.25, 0.3) is 0 Å². The van der Waals surface area contributed by atoms with Crippen molar-refractivity contribution in [3.05, 3.63) is 47.0 Å². The van der Waals surface area contributed by atoms with Gasteiger partial charge in [-0.15, -0.1) is 11.3 Å². The summed E-state index contributed by atoms with van der Waals surface area (Å²) < 4.78 is 0. The van der Waals surface area contributed by atoms with Gasteiger partial charge in [0.2, 0.25) is 0 Å². The molecule has 0 radical (unpaired) electrons. The highest BCUT2D eigenvalue weighted by molar-refractivity contribution is 7.14. The predicted molar refractivity (Wildman–Crippen MR) is 94.3 cm³/mol. The molecule has 1 aromatic carbocycles. The van der Waals surface area contributed by atoms with Gasteiger partial charge in [0.1, 0.15) is 5.69 Å². The summed E-state index contributed by atoms with van der Waals surface area (Å²) in [6.07, 6.45) is 0. The molecule has 2 heterocycles. The zero-order chi connectivity index (χ0) is 17.1. The lowest BCUT2D eigenvalue weighted by atomic mass is 10.2. The number of hydrogen-bond donors (Lipinski definition) is 1. The Balaban J connectivity index is 1.67. The monoisotopic (exact) mass is 344 g/mol. The van der Waals surface area contributed by atoms with E-state index in [9.17, 15) is 9.59 Å². The number of thiazole rings is 1. The summed E-state index contributed by atoms with van der Waals surface area (Å²) in [5.74, 6) is -0.208. The molecule has 0 unspecified atom stereocenters. The molecule has 0 spiro atoms. The van der Waals surface area contributed by atoms with Crippen LogP contribution in [0.3, 0.4) is 0 Å². The van der Waals surface area contributed by atoms with Gasteiger partial charge >= 0.3 is 6.03 Å². The summed E-state index contributed by atoms with van der Waals surface area (Å²) in [7, 11) is 0. The molecular weight excluding hydrogens is 324 g/mol. The molecule has 0 bridgehead atoms. The lowest BCUT2D eigenvalue weighted by Gasteiger charge is -2.16. The van der Waals surface area contributed by atoms with Gasteiger partial charge in [-0.3, -0.25) is 9.69 Å². The predicted octanol–water partition coefficient (Wildman–Crippen LogP) is 2.72. The molecule has 1 fully saturated rings. The van der Waals surface area contributed by atoms with Gasteiger partial charge in [0.05, 0.1) is 0 Å². The molecule has 0 saturated carbocycles. The Hall–Kier alpha value is -2.41. The number of carbonyl (C=O) groups excluding carboxylic acids is 2. The van der Waals surface area contributed by atoms with Crippen molar-refractivity contribution in [1.82, 2.24) is 15.2 Å². The van der Waals surface area contributed by atoms with Crippen LogP contribution in [0, 0.1) is 0 Å². The van der Waals surface area contributed by atoms with Crippen LogP contribution in [0.2, 0.25) is 0 Å². The minimum Gasteiger partial charge on any atom is -0.349 e. The first-order valence-corrected chi connectivity index (χ1v) is 8.79. The molecule has 24 heavy (non-hydrogen) atoms. The lowest BCUT2D eigenvalue weighted by molar-refractivity contribution is 0.0939. The number of nitrogens with zero attached hydrogens (tertiary/aromatic N) is 3. The topological polar surface area (TPSA) is 65.5 Å². The maximum absolute atomic E-state index is 12.6. The fraction of sp³-hybridized carbons (Fsp3) is 0.353. The van der Waals surface area contributed by atoms with E-state index in [0.29, 0.717) is 30.5 Å². The fourth-order valence-electron chi connectivity index (χ4n) is 2.54. The Bertz CT molecular complexity index is 729. The first-order valence-electron chi connectivity index (χ1n) is 7.91. The molecule has 1 aromatic heterocycles. The van der Waals surface area contributed by atoms with Crippen molar-refractivity contribution in [2.75, 3.05) is 18.0 Å². The molecular formula is C17H20N4O2S. The van der Waals surface area contributed by atoms with Crippen molar-refractivity contribution in [1.29, 1.82) is 0 Å². The largest absolute Gasteiger partial charge is 0.349 e. The molecule has 0 atom stereocenters.